The molecule has 2 aromatic rings. The van der Waals surface area contributed by atoms with Crippen LogP contribution in [0.2, 0.25) is 0 Å². The van der Waals surface area contributed by atoms with E-state index in [2.05, 4.69) is 101 Å². The summed E-state index contributed by atoms with van der Waals surface area (Å²) in [5.41, 5.74) is 4.31. The highest BCUT2D eigenvalue weighted by molar-refractivity contribution is 5.53. The summed E-state index contributed by atoms with van der Waals surface area (Å²) in [6, 6.07) is 15.3. The lowest BCUT2D eigenvalue weighted by Gasteiger charge is -2.14. The highest BCUT2D eigenvalue weighted by atomic mass is 15.0. The molecule has 0 saturated carbocycles. The molecule has 0 saturated heterocycles. The lowest BCUT2D eigenvalue weighted by atomic mass is 9.92. The molecule has 1 aromatic carbocycles. The van der Waals surface area contributed by atoms with Gasteiger partial charge in [-0.25, -0.2) is 9.14 Å². The van der Waals surface area contributed by atoms with Gasteiger partial charge in [0.25, 0.3) is 0 Å². The van der Waals surface area contributed by atoms with E-state index in [4.69, 9.17) is 0 Å². The first-order chi connectivity index (χ1) is 18.8. The average molecular weight is 511 g/mol. The standard InChI is InChI=1S/C36H50N2/c1(3-5-7-15-25-37-27-21-35(22-28-37)31-33-17-11-9-12-18-33)2-4-6-8-16-26-38-29-23-36(24-30-38)32-34-19-13-10-14-20-34/h9,11-13,17-23,27-30,36H,1-8,10,14-16,24-26,31-32H2/q+2. The van der Waals surface area contributed by atoms with Gasteiger partial charge in [0, 0.05) is 31.4 Å². The van der Waals surface area contributed by atoms with Crippen LogP contribution in [-0.4, -0.2) is 17.3 Å². The molecule has 1 aliphatic heterocycles. The number of allylic oxidation sites excluding steroid dienone is 5. The number of aromatic nitrogens is 1. The van der Waals surface area contributed by atoms with Gasteiger partial charge in [0.15, 0.2) is 18.6 Å². The van der Waals surface area contributed by atoms with Gasteiger partial charge in [0.2, 0.25) is 0 Å². The van der Waals surface area contributed by atoms with Crippen LogP contribution in [0, 0.1) is 5.92 Å². The maximum atomic E-state index is 2.44. The van der Waals surface area contributed by atoms with Crippen molar-refractivity contribution in [3.63, 3.8) is 0 Å². The molecule has 0 spiro atoms. The summed E-state index contributed by atoms with van der Waals surface area (Å²) in [6.45, 7) is 2.34. The van der Waals surface area contributed by atoms with Crippen molar-refractivity contribution >= 4 is 6.21 Å². The second kappa shape index (κ2) is 17.0. The summed E-state index contributed by atoms with van der Waals surface area (Å²) in [7, 11) is 0. The average Bonchev–Trinajstić information content (AvgIpc) is 2.96. The zero-order valence-electron chi connectivity index (χ0n) is 23.7. The van der Waals surface area contributed by atoms with Gasteiger partial charge >= 0.3 is 0 Å². The Morgan fingerprint density at radius 2 is 1.34 bits per heavy atom. The zero-order valence-corrected chi connectivity index (χ0v) is 23.7. The first kappa shape index (κ1) is 28.3. The van der Waals surface area contributed by atoms with Crippen LogP contribution in [-0.2, 0) is 13.0 Å². The first-order valence-corrected chi connectivity index (χ1v) is 15.5. The zero-order chi connectivity index (χ0) is 26.1. The molecule has 0 bridgehead atoms. The monoisotopic (exact) mass is 510 g/mol. The molecule has 0 N–H and O–H groups in total. The van der Waals surface area contributed by atoms with Crippen molar-refractivity contribution in [1.82, 2.24) is 0 Å². The van der Waals surface area contributed by atoms with E-state index in [0.29, 0.717) is 5.92 Å². The van der Waals surface area contributed by atoms with E-state index in [-0.39, 0.29) is 0 Å². The molecular weight excluding hydrogens is 460 g/mol. The van der Waals surface area contributed by atoms with E-state index in [1.807, 2.05) is 0 Å². The van der Waals surface area contributed by atoms with E-state index in [0.717, 1.165) is 13.0 Å². The molecule has 0 radical (unpaired) electrons. The van der Waals surface area contributed by atoms with Crippen molar-refractivity contribution in [2.24, 2.45) is 5.92 Å². The fraction of sp³-hybridized carbons (Fsp3) is 0.500. The predicted octanol–water partition coefficient (Wildman–Crippen LogP) is 8.75. The smallest absolute Gasteiger partial charge is 0.169 e. The summed E-state index contributed by atoms with van der Waals surface area (Å²) in [5.74, 6) is 0.690. The van der Waals surface area contributed by atoms with Crippen molar-refractivity contribution in [3.05, 3.63) is 102 Å². The Morgan fingerprint density at radius 3 is 1.97 bits per heavy atom. The highest BCUT2D eigenvalue weighted by Gasteiger charge is 2.15. The Labute approximate surface area is 232 Å². The SMILES string of the molecule is C1=CC(CC2C=C[N+](CCCCCCCCCCCC[n+]3ccc(Cc4ccccc4)cc3)=CC2)=CCC1. The van der Waals surface area contributed by atoms with Crippen LogP contribution in [0.25, 0.3) is 0 Å². The molecule has 1 aromatic heterocycles. The van der Waals surface area contributed by atoms with E-state index in [1.165, 1.54) is 113 Å². The molecule has 0 fully saturated rings. The van der Waals surface area contributed by atoms with Crippen LogP contribution in [0.5, 0.6) is 0 Å². The number of rotatable bonds is 17. The van der Waals surface area contributed by atoms with Gasteiger partial charge in [-0.3, -0.25) is 0 Å². The summed E-state index contributed by atoms with van der Waals surface area (Å²) in [6.07, 6.45) is 38.4. The van der Waals surface area contributed by atoms with Crippen molar-refractivity contribution in [3.8, 4) is 0 Å². The number of unbranched alkanes of at least 4 members (excludes halogenated alkanes) is 9. The van der Waals surface area contributed by atoms with E-state index >= 15 is 0 Å². The van der Waals surface area contributed by atoms with Crippen molar-refractivity contribution in [2.45, 2.75) is 103 Å². The molecule has 2 nitrogen and oxygen atoms in total. The third-order valence-corrected chi connectivity index (χ3v) is 8.06. The molecule has 2 aliphatic rings. The molecule has 1 atom stereocenters. The Morgan fingerprint density at radius 1 is 0.684 bits per heavy atom. The highest BCUT2D eigenvalue weighted by Crippen LogP contribution is 2.22. The molecular formula is C36H50N2+2. The van der Waals surface area contributed by atoms with Gasteiger partial charge in [-0.2, -0.15) is 0 Å². The summed E-state index contributed by atoms with van der Waals surface area (Å²) >= 11 is 0. The third-order valence-electron chi connectivity index (χ3n) is 8.06. The Kier molecular flexibility index (Phi) is 12.6. The fourth-order valence-electron chi connectivity index (χ4n) is 5.67. The fourth-order valence-corrected chi connectivity index (χ4v) is 5.67. The maximum Gasteiger partial charge on any atom is 0.169 e. The van der Waals surface area contributed by atoms with Gasteiger partial charge in [-0.05, 0) is 61.6 Å². The normalized spacial score (nSPS) is 16.9. The molecule has 0 amide bonds. The molecule has 1 aliphatic carbocycles. The molecule has 4 rings (SSSR count). The lowest BCUT2D eigenvalue weighted by Crippen LogP contribution is -2.32. The van der Waals surface area contributed by atoms with Crippen molar-refractivity contribution < 1.29 is 9.14 Å². The second-order valence-electron chi connectivity index (χ2n) is 11.4. The molecule has 1 unspecified atom stereocenters. The van der Waals surface area contributed by atoms with Crippen LogP contribution < -0.4 is 4.57 Å². The number of benzene rings is 1. The quantitative estimate of drug-likeness (QED) is 0.148. The largest absolute Gasteiger partial charge is 0.209 e. The minimum Gasteiger partial charge on any atom is -0.209 e. The first-order valence-electron chi connectivity index (χ1n) is 15.5. The van der Waals surface area contributed by atoms with Crippen LogP contribution in [0.1, 0.15) is 101 Å². The Bertz CT molecular complexity index is 1040. The van der Waals surface area contributed by atoms with E-state index in [9.17, 15) is 0 Å². The van der Waals surface area contributed by atoms with Crippen molar-refractivity contribution in [2.75, 3.05) is 6.54 Å². The molecule has 202 valence electrons. The minimum atomic E-state index is 0.690. The van der Waals surface area contributed by atoms with Crippen LogP contribution in [0.3, 0.4) is 0 Å². The molecule has 2 heteroatoms. The summed E-state index contributed by atoms with van der Waals surface area (Å²) < 4.78 is 4.77. The number of pyridine rings is 1. The number of nitrogens with zero attached hydrogens (tertiary/aromatic N) is 2. The van der Waals surface area contributed by atoms with Crippen molar-refractivity contribution in [1.29, 1.82) is 0 Å². The summed E-state index contributed by atoms with van der Waals surface area (Å²) in [4.78, 5) is 0. The second-order valence-corrected chi connectivity index (χ2v) is 11.4. The number of hydrogen-bond donors (Lipinski definition) is 0. The van der Waals surface area contributed by atoms with Gasteiger partial charge in [-0.1, -0.05) is 92.7 Å². The van der Waals surface area contributed by atoms with Gasteiger partial charge in [-0.15, -0.1) is 0 Å². The number of hydrogen-bond acceptors (Lipinski definition) is 0. The molecule has 2 heterocycles. The molecule has 38 heavy (non-hydrogen) atoms. The van der Waals surface area contributed by atoms with Gasteiger partial charge in [0.1, 0.15) is 19.3 Å². The lowest BCUT2D eigenvalue weighted by molar-refractivity contribution is -0.697. The Balaban J connectivity index is 0.933. The van der Waals surface area contributed by atoms with Gasteiger partial charge < -0.3 is 0 Å². The van der Waals surface area contributed by atoms with Gasteiger partial charge in [0.05, 0.1) is 0 Å². The van der Waals surface area contributed by atoms with Crippen LogP contribution in [0.15, 0.2) is 90.9 Å². The minimum absolute atomic E-state index is 0.690. The summed E-state index contributed by atoms with van der Waals surface area (Å²) in [5, 5.41) is 0. The topological polar surface area (TPSA) is 6.89 Å². The Hall–Kier alpha value is -2.74. The number of aryl methyl sites for hydroxylation is 1. The maximum absolute atomic E-state index is 2.44. The third kappa shape index (κ3) is 10.9. The predicted molar refractivity (Wildman–Crippen MR) is 162 cm³/mol. The van der Waals surface area contributed by atoms with Crippen LogP contribution in [0.4, 0.5) is 0 Å². The van der Waals surface area contributed by atoms with Crippen LogP contribution >= 0.6 is 0 Å². The van der Waals surface area contributed by atoms with E-state index < -0.39 is 0 Å². The van der Waals surface area contributed by atoms with E-state index in [1.54, 1.807) is 0 Å².